The van der Waals surface area contributed by atoms with Gasteiger partial charge in [0, 0.05) is 26.7 Å². The molecule has 0 aromatic heterocycles. The molecule has 1 fully saturated rings. The van der Waals surface area contributed by atoms with E-state index in [0.29, 0.717) is 6.10 Å². The molecule has 1 aliphatic heterocycles. The minimum atomic E-state index is 0.348. The summed E-state index contributed by atoms with van der Waals surface area (Å²) in [5.41, 5.74) is 3.06. The quantitative estimate of drug-likeness (QED) is 0.576. The Morgan fingerprint density at radius 3 is 3.00 bits per heavy atom. The molecule has 1 saturated heterocycles. The number of hydrogen-bond acceptors (Lipinski definition) is 4. The summed E-state index contributed by atoms with van der Waals surface area (Å²) in [4.78, 5) is 2.30. The van der Waals surface area contributed by atoms with Gasteiger partial charge in [-0.15, -0.1) is 0 Å². The number of likely N-dealkylation sites (N-methyl/N-ethyl adjacent to an activating group) is 2. The molecule has 72 valence electrons. The van der Waals surface area contributed by atoms with E-state index >= 15 is 0 Å². The fraction of sp³-hybridized carbons (Fsp3) is 1.00. The van der Waals surface area contributed by atoms with E-state index in [1.54, 1.807) is 0 Å². The SMILES string of the molecule is CNN(C)C[C@H]1CN(C)CCO1. The Morgan fingerprint density at radius 2 is 2.42 bits per heavy atom. The van der Waals surface area contributed by atoms with Crippen molar-refractivity contribution in [3.8, 4) is 0 Å². The van der Waals surface area contributed by atoms with Crippen molar-refractivity contribution in [1.82, 2.24) is 15.3 Å². The van der Waals surface area contributed by atoms with Crippen LogP contribution in [0.3, 0.4) is 0 Å². The van der Waals surface area contributed by atoms with E-state index in [9.17, 15) is 0 Å². The average Bonchev–Trinajstić information content (AvgIpc) is 2.04. The first kappa shape index (κ1) is 9.92. The van der Waals surface area contributed by atoms with Crippen molar-refractivity contribution in [3.05, 3.63) is 0 Å². The van der Waals surface area contributed by atoms with Crippen molar-refractivity contribution in [2.45, 2.75) is 6.10 Å². The van der Waals surface area contributed by atoms with Gasteiger partial charge in [-0.25, -0.2) is 5.01 Å². The predicted molar refractivity (Wildman–Crippen MR) is 48.9 cm³/mol. The first-order valence-corrected chi connectivity index (χ1v) is 4.41. The molecule has 0 amide bonds. The summed E-state index contributed by atoms with van der Waals surface area (Å²) in [5.74, 6) is 0. The third-order valence-electron chi connectivity index (χ3n) is 2.20. The Kier molecular flexibility index (Phi) is 3.94. The van der Waals surface area contributed by atoms with Crippen molar-refractivity contribution in [2.75, 3.05) is 47.4 Å². The summed E-state index contributed by atoms with van der Waals surface area (Å²) in [6.45, 7) is 3.89. The predicted octanol–water partition coefficient (Wildman–Crippen LogP) is -0.617. The van der Waals surface area contributed by atoms with E-state index in [4.69, 9.17) is 4.74 Å². The largest absolute Gasteiger partial charge is 0.374 e. The van der Waals surface area contributed by atoms with Crippen LogP contribution in [-0.4, -0.2) is 63.4 Å². The van der Waals surface area contributed by atoms with Gasteiger partial charge in [0.2, 0.25) is 0 Å². The van der Waals surface area contributed by atoms with Gasteiger partial charge < -0.3 is 9.64 Å². The monoisotopic (exact) mass is 173 g/mol. The van der Waals surface area contributed by atoms with Gasteiger partial charge >= 0.3 is 0 Å². The minimum absolute atomic E-state index is 0.348. The van der Waals surface area contributed by atoms with E-state index in [-0.39, 0.29) is 0 Å². The number of hydrogen-bond donors (Lipinski definition) is 1. The molecule has 1 atom stereocenters. The van der Waals surface area contributed by atoms with Gasteiger partial charge in [0.25, 0.3) is 0 Å². The van der Waals surface area contributed by atoms with Gasteiger partial charge in [0.1, 0.15) is 0 Å². The molecule has 1 rings (SSSR count). The van der Waals surface area contributed by atoms with Gasteiger partial charge in [-0.05, 0) is 14.1 Å². The lowest BCUT2D eigenvalue weighted by Gasteiger charge is -2.32. The molecule has 1 aliphatic rings. The minimum Gasteiger partial charge on any atom is -0.374 e. The summed E-state index contributed by atoms with van der Waals surface area (Å²) in [6, 6.07) is 0. The van der Waals surface area contributed by atoms with Gasteiger partial charge in [0.15, 0.2) is 0 Å². The molecule has 0 aromatic carbocycles. The molecular weight excluding hydrogens is 154 g/mol. The lowest BCUT2D eigenvalue weighted by molar-refractivity contribution is -0.0374. The first-order valence-electron chi connectivity index (χ1n) is 4.41. The van der Waals surface area contributed by atoms with Gasteiger partial charge in [-0.3, -0.25) is 5.43 Å². The highest BCUT2D eigenvalue weighted by atomic mass is 16.5. The second-order valence-corrected chi connectivity index (χ2v) is 3.36. The Bertz CT molecular complexity index is 131. The fourth-order valence-electron chi connectivity index (χ4n) is 1.37. The molecule has 1 heterocycles. The second-order valence-electron chi connectivity index (χ2n) is 3.36. The second kappa shape index (κ2) is 4.77. The molecule has 0 aliphatic carbocycles. The molecule has 0 saturated carbocycles. The molecule has 0 unspecified atom stereocenters. The van der Waals surface area contributed by atoms with Crippen LogP contribution in [0.1, 0.15) is 0 Å². The van der Waals surface area contributed by atoms with Crippen LogP contribution in [0.25, 0.3) is 0 Å². The van der Waals surface area contributed by atoms with Gasteiger partial charge in [-0.1, -0.05) is 0 Å². The van der Waals surface area contributed by atoms with Gasteiger partial charge in [-0.2, -0.15) is 0 Å². The average molecular weight is 173 g/mol. The summed E-state index contributed by atoms with van der Waals surface area (Å²) >= 11 is 0. The van der Waals surface area contributed by atoms with E-state index in [2.05, 4.69) is 17.4 Å². The lowest BCUT2D eigenvalue weighted by Crippen LogP contribution is -2.47. The van der Waals surface area contributed by atoms with Crippen LogP contribution in [0.4, 0.5) is 0 Å². The van der Waals surface area contributed by atoms with Crippen LogP contribution in [0.5, 0.6) is 0 Å². The third kappa shape index (κ3) is 3.06. The molecule has 0 bridgehead atoms. The molecular formula is C8H19N3O. The summed E-state index contributed by atoms with van der Waals surface area (Å²) in [6.07, 6.45) is 0.348. The number of nitrogens with one attached hydrogen (secondary N) is 1. The Hall–Kier alpha value is -0.160. The number of nitrogens with zero attached hydrogens (tertiary/aromatic N) is 2. The maximum Gasteiger partial charge on any atom is 0.0843 e. The van der Waals surface area contributed by atoms with Crippen LogP contribution in [0.15, 0.2) is 0 Å². The smallest absolute Gasteiger partial charge is 0.0843 e. The highest BCUT2D eigenvalue weighted by Crippen LogP contribution is 2.02. The molecule has 4 nitrogen and oxygen atoms in total. The number of hydrazine groups is 1. The number of morpholine rings is 1. The third-order valence-corrected chi connectivity index (χ3v) is 2.20. The zero-order valence-electron chi connectivity index (χ0n) is 8.21. The number of ether oxygens (including phenoxy) is 1. The van der Waals surface area contributed by atoms with E-state index in [1.165, 1.54) is 0 Å². The highest BCUT2D eigenvalue weighted by Gasteiger charge is 2.18. The summed E-state index contributed by atoms with van der Waals surface area (Å²) in [5, 5.41) is 2.05. The van der Waals surface area contributed by atoms with E-state index in [1.807, 2.05) is 19.1 Å². The fourth-order valence-corrected chi connectivity index (χ4v) is 1.37. The van der Waals surface area contributed by atoms with Crippen LogP contribution < -0.4 is 5.43 Å². The van der Waals surface area contributed by atoms with Crippen LogP contribution in [0, 0.1) is 0 Å². The highest BCUT2D eigenvalue weighted by molar-refractivity contribution is 4.70. The van der Waals surface area contributed by atoms with Gasteiger partial charge in [0.05, 0.1) is 12.7 Å². The van der Waals surface area contributed by atoms with Crippen molar-refractivity contribution < 1.29 is 4.74 Å². The van der Waals surface area contributed by atoms with Crippen molar-refractivity contribution in [2.24, 2.45) is 0 Å². The first-order chi connectivity index (χ1) is 5.72. The summed E-state index contributed by atoms with van der Waals surface area (Å²) in [7, 11) is 6.08. The summed E-state index contributed by atoms with van der Waals surface area (Å²) < 4.78 is 5.60. The Morgan fingerprint density at radius 1 is 1.67 bits per heavy atom. The Balaban J connectivity index is 2.22. The van der Waals surface area contributed by atoms with Crippen LogP contribution >= 0.6 is 0 Å². The number of rotatable bonds is 3. The molecule has 0 spiro atoms. The molecule has 4 heteroatoms. The standard InChI is InChI=1S/C8H19N3O/c1-9-11(3)7-8-6-10(2)4-5-12-8/h8-9H,4-7H2,1-3H3/t8-/m1/s1. The van der Waals surface area contributed by atoms with Crippen molar-refractivity contribution in [3.63, 3.8) is 0 Å². The zero-order valence-corrected chi connectivity index (χ0v) is 8.21. The Labute approximate surface area is 74.4 Å². The van der Waals surface area contributed by atoms with Crippen LogP contribution in [-0.2, 0) is 4.74 Å². The van der Waals surface area contributed by atoms with E-state index < -0.39 is 0 Å². The lowest BCUT2D eigenvalue weighted by atomic mass is 10.3. The van der Waals surface area contributed by atoms with Crippen molar-refractivity contribution >= 4 is 0 Å². The topological polar surface area (TPSA) is 27.7 Å². The molecule has 12 heavy (non-hydrogen) atoms. The van der Waals surface area contributed by atoms with Crippen LogP contribution in [0.2, 0.25) is 0 Å². The zero-order chi connectivity index (χ0) is 8.97. The maximum atomic E-state index is 5.60. The van der Waals surface area contributed by atoms with Crippen molar-refractivity contribution in [1.29, 1.82) is 0 Å². The maximum absolute atomic E-state index is 5.60. The normalized spacial score (nSPS) is 26.5. The molecule has 0 aromatic rings. The molecule has 0 radical (unpaired) electrons. The van der Waals surface area contributed by atoms with E-state index in [0.717, 1.165) is 26.2 Å². The molecule has 1 N–H and O–H groups in total.